The lowest BCUT2D eigenvalue weighted by Crippen LogP contribution is -2.35. The third kappa shape index (κ3) is 5.40. The van der Waals surface area contributed by atoms with E-state index in [-0.39, 0.29) is 5.56 Å². The molecule has 1 aliphatic rings. The molecule has 1 saturated heterocycles. The van der Waals surface area contributed by atoms with Gasteiger partial charge in [0.1, 0.15) is 0 Å². The minimum Gasteiger partial charge on any atom is -0.379 e. The highest BCUT2D eigenvalue weighted by Crippen LogP contribution is 2.31. The predicted octanol–water partition coefficient (Wildman–Crippen LogP) is 3.30. The Bertz CT molecular complexity index is 829. The van der Waals surface area contributed by atoms with Gasteiger partial charge in [-0.2, -0.15) is 18.3 Å². The first-order valence-corrected chi connectivity index (χ1v) is 8.82. The number of ether oxygens (including phenoxy) is 1. The van der Waals surface area contributed by atoms with Gasteiger partial charge in [0.2, 0.25) is 0 Å². The average Bonchev–Trinajstić information content (AvgIpc) is 2.69. The van der Waals surface area contributed by atoms with Gasteiger partial charge in [-0.1, -0.05) is 30.3 Å². The third-order valence-corrected chi connectivity index (χ3v) is 4.36. The van der Waals surface area contributed by atoms with Crippen LogP contribution in [0.4, 0.5) is 13.2 Å². The van der Waals surface area contributed by atoms with Crippen molar-refractivity contribution in [3.8, 4) is 0 Å². The van der Waals surface area contributed by atoms with Crippen LogP contribution in [0.1, 0.15) is 27.0 Å². The highest BCUT2D eigenvalue weighted by Gasteiger charge is 2.32. The van der Waals surface area contributed by atoms with Crippen LogP contribution in [0.5, 0.6) is 0 Å². The maximum atomic E-state index is 12.9. The topological polar surface area (TPSA) is 53.9 Å². The zero-order valence-electron chi connectivity index (χ0n) is 15.1. The van der Waals surface area contributed by atoms with Crippen LogP contribution < -0.4 is 5.43 Å². The van der Waals surface area contributed by atoms with Crippen molar-refractivity contribution >= 4 is 12.1 Å². The zero-order valence-corrected chi connectivity index (χ0v) is 15.1. The number of nitrogens with zero attached hydrogens (tertiary/aromatic N) is 2. The number of benzene rings is 2. The first-order valence-electron chi connectivity index (χ1n) is 8.82. The summed E-state index contributed by atoms with van der Waals surface area (Å²) in [6.45, 7) is 3.95. The fourth-order valence-corrected chi connectivity index (χ4v) is 2.87. The quantitative estimate of drug-likeness (QED) is 0.629. The summed E-state index contributed by atoms with van der Waals surface area (Å²) in [5.41, 5.74) is 2.80. The molecule has 0 unspecified atom stereocenters. The van der Waals surface area contributed by atoms with Crippen molar-refractivity contribution in [2.45, 2.75) is 12.7 Å². The maximum absolute atomic E-state index is 12.9. The van der Waals surface area contributed by atoms with Crippen molar-refractivity contribution in [3.05, 3.63) is 70.8 Å². The van der Waals surface area contributed by atoms with Crippen LogP contribution in [0, 0.1) is 0 Å². The van der Waals surface area contributed by atoms with Crippen molar-refractivity contribution in [1.82, 2.24) is 10.3 Å². The van der Waals surface area contributed by atoms with Crippen molar-refractivity contribution in [2.24, 2.45) is 5.10 Å². The smallest absolute Gasteiger partial charge is 0.379 e. The maximum Gasteiger partial charge on any atom is 0.417 e. The van der Waals surface area contributed by atoms with Crippen LogP contribution in [0.2, 0.25) is 0 Å². The molecule has 1 amide bonds. The molecule has 1 aliphatic heterocycles. The number of hydrogen-bond donors (Lipinski definition) is 1. The Kier molecular flexibility index (Phi) is 6.43. The van der Waals surface area contributed by atoms with Crippen LogP contribution in [0.25, 0.3) is 0 Å². The van der Waals surface area contributed by atoms with E-state index in [0.29, 0.717) is 5.56 Å². The minimum atomic E-state index is -4.48. The fourth-order valence-electron chi connectivity index (χ4n) is 2.87. The van der Waals surface area contributed by atoms with Gasteiger partial charge in [0.25, 0.3) is 5.91 Å². The highest BCUT2D eigenvalue weighted by molar-refractivity contribution is 5.95. The molecule has 0 saturated carbocycles. The van der Waals surface area contributed by atoms with Crippen molar-refractivity contribution in [1.29, 1.82) is 0 Å². The van der Waals surface area contributed by atoms with E-state index in [2.05, 4.69) is 15.4 Å². The van der Waals surface area contributed by atoms with Gasteiger partial charge in [0.15, 0.2) is 0 Å². The minimum absolute atomic E-state index is 0.115. The number of hydrazone groups is 1. The summed E-state index contributed by atoms with van der Waals surface area (Å²) in [6.07, 6.45) is -3.49. The number of amides is 1. The molecule has 0 spiro atoms. The molecule has 1 fully saturated rings. The van der Waals surface area contributed by atoms with E-state index < -0.39 is 17.6 Å². The number of carbonyl (C=O) groups excluding carboxylic acids is 1. The van der Waals surface area contributed by atoms with Gasteiger partial charge in [0, 0.05) is 30.8 Å². The number of nitrogens with one attached hydrogen (secondary N) is 1. The van der Waals surface area contributed by atoms with E-state index in [1.807, 2.05) is 12.1 Å². The molecule has 2 aromatic rings. The summed E-state index contributed by atoms with van der Waals surface area (Å²) in [5.74, 6) is -0.487. The number of carbonyl (C=O) groups is 1. The average molecular weight is 391 g/mol. The molecule has 1 N–H and O–H groups in total. The largest absolute Gasteiger partial charge is 0.417 e. The second-order valence-electron chi connectivity index (χ2n) is 6.37. The molecule has 0 aliphatic carbocycles. The predicted molar refractivity (Wildman–Crippen MR) is 99.0 cm³/mol. The van der Waals surface area contributed by atoms with Gasteiger partial charge in [-0.15, -0.1) is 0 Å². The normalized spacial score (nSPS) is 15.7. The van der Waals surface area contributed by atoms with E-state index >= 15 is 0 Å². The first kappa shape index (κ1) is 20.0. The Balaban J connectivity index is 1.58. The Morgan fingerprint density at radius 2 is 1.79 bits per heavy atom. The lowest BCUT2D eigenvalue weighted by Gasteiger charge is -2.26. The summed E-state index contributed by atoms with van der Waals surface area (Å²) >= 11 is 0. The molecule has 0 aromatic heterocycles. The van der Waals surface area contributed by atoms with Gasteiger partial charge in [-0.3, -0.25) is 9.69 Å². The Labute approximate surface area is 160 Å². The zero-order chi connectivity index (χ0) is 20.0. The fraction of sp³-hybridized carbons (Fsp3) is 0.300. The van der Waals surface area contributed by atoms with Gasteiger partial charge in [0.05, 0.1) is 25.0 Å². The van der Waals surface area contributed by atoms with E-state index in [1.165, 1.54) is 18.2 Å². The second-order valence-corrected chi connectivity index (χ2v) is 6.37. The van der Waals surface area contributed by atoms with E-state index in [0.717, 1.165) is 50.7 Å². The lowest BCUT2D eigenvalue weighted by atomic mass is 10.1. The second kappa shape index (κ2) is 8.99. The number of rotatable bonds is 5. The SMILES string of the molecule is O=C(NN=Cc1ccccc1C(F)(F)F)c1ccc(CN2CCOCC2)cc1. The Hall–Kier alpha value is -2.71. The molecular formula is C20H20F3N3O2. The molecular weight excluding hydrogens is 371 g/mol. The van der Waals surface area contributed by atoms with Crippen LogP contribution in [-0.4, -0.2) is 43.3 Å². The molecule has 28 heavy (non-hydrogen) atoms. The summed E-state index contributed by atoms with van der Waals surface area (Å²) in [6, 6.07) is 12.1. The van der Waals surface area contributed by atoms with E-state index in [9.17, 15) is 18.0 Å². The van der Waals surface area contributed by atoms with Crippen LogP contribution >= 0.6 is 0 Å². The molecule has 8 heteroatoms. The number of halogens is 3. The van der Waals surface area contributed by atoms with Gasteiger partial charge in [-0.25, -0.2) is 5.43 Å². The molecule has 2 aromatic carbocycles. The van der Waals surface area contributed by atoms with Gasteiger partial charge in [-0.05, 0) is 23.8 Å². The van der Waals surface area contributed by atoms with E-state index in [4.69, 9.17) is 4.74 Å². The Morgan fingerprint density at radius 3 is 2.46 bits per heavy atom. The molecule has 1 heterocycles. The van der Waals surface area contributed by atoms with Gasteiger partial charge < -0.3 is 4.74 Å². The molecule has 5 nitrogen and oxygen atoms in total. The molecule has 0 radical (unpaired) electrons. The number of morpholine rings is 1. The highest BCUT2D eigenvalue weighted by atomic mass is 19.4. The first-order chi connectivity index (χ1) is 13.4. The number of alkyl halides is 3. The summed E-state index contributed by atoms with van der Waals surface area (Å²) < 4.78 is 44.2. The molecule has 148 valence electrons. The summed E-state index contributed by atoms with van der Waals surface area (Å²) in [5, 5.41) is 3.66. The van der Waals surface area contributed by atoms with Crippen LogP contribution in [0.3, 0.4) is 0 Å². The van der Waals surface area contributed by atoms with Crippen LogP contribution in [-0.2, 0) is 17.5 Å². The molecule has 0 bridgehead atoms. The Morgan fingerprint density at radius 1 is 1.11 bits per heavy atom. The van der Waals surface area contributed by atoms with Crippen LogP contribution in [0.15, 0.2) is 53.6 Å². The van der Waals surface area contributed by atoms with Crippen molar-refractivity contribution in [3.63, 3.8) is 0 Å². The molecule has 0 atom stereocenters. The molecule has 3 rings (SSSR count). The van der Waals surface area contributed by atoms with Crippen molar-refractivity contribution < 1.29 is 22.7 Å². The summed E-state index contributed by atoms with van der Waals surface area (Å²) in [4.78, 5) is 14.4. The van der Waals surface area contributed by atoms with Crippen molar-refractivity contribution in [2.75, 3.05) is 26.3 Å². The van der Waals surface area contributed by atoms with Gasteiger partial charge >= 0.3 is 6.18 Å². The summed E-state index contributed by atoms with van der Waals surface area (Å²) in [7, 11) is 0. The monoisotopic (exact) mass is 391 g/mol. The third-order valence-electron chi connectivity index (χ3n) is 4.36. The number of hydrogen-bond acceptors (Lipinski definition) is 4. The van der Waals surface area contributed by atoms with E-state index in [1.54, 1.807) is 12.1 Å². The lowest BCUT2D eigenvalue weighted by molar-refractivity contribution is -0.137. The standard InChI is InChI=1S/C20H20F3N3O2/c21-20(22,23)18-4-2-1-3-17(18)13-24-25-19(27)16-7-5-15(6-8-16)14-26-9-11-28-12-10-26/h1-8,13H,9-12,14H2,(H,25,27).